The molecule has 2 saturated heterocycles. The Hall–Kier alpha value is -3.16. The van der Waals surface area contributed by atoms with E-state index in [1.54, 1.807) is 36.5 Å². The summed E-state index contributed by atoms with van der Waals surface area (Å²) >= 11 is 6.43. The quantitative estimate of drug-likeness (QED) is 0.299. The van der Waals surface area contributed by atoms with Gasteiger partial charge in [-0.05, 0) is 42.9 Å². The number of carbonyl (C=O) groups is 1. The normalized spacial score (nSPS) is 31.0. The van der Waals surface area contributed by atoms with Gasteiger partial charge in [0, 0.05) is 13.1 Å². The maximum absolute atomic E-state index is 12.4. The fraction of sp³-hybridized carbons (Fsp3) is 0.444. The molecular formula is C27H27ClN4O5. The Morgan fingerprint density at radius 2 is 2.00 bits per heavy atom. The van der Waals surface area contributed by atoms with Crippen molar-refractivity contribution >= 4 is 34.3 Å². The van der Waals surface area contributed by atoms with Crippen LogP contribution < -0.4 is 4.90 Å². The second kappa shape index (κ2) is 9.30. The summed E-state index contributed by atoms with van der Waals surface area (Å²) in [5.41, 5.74) is -0.431. The van der Waals surface area contributed by atoms with Crippen LogP contribution in [-0.2, 0) is 9.47 Å². The molecule has 4 heterocycles. The minimum Gasteiger partial charge on any atom is -0.459 e. The van der Waals surface area contributed by atoms with Gasteiger partial charge < -0.3 is 24.6 Å². The number of aliphatic hydroxyl groups is 2. The largest absolute Gasteiger partial charge is 0.459 e. The maximum atomic E-state index is 12.4. The molecule has 1 aliphatic carbocycles. The Bertz CT molecular complexity index is 1360. The van der Waals surface area contributed by atoms with E-state index >= 15 is 0 Å². The SMILES string of the molecule is C#C[C@@]1(O)[C@@H](COC(=O)c2ccccc2)O[C@H](n2ncc3c(N4C[C@H]5CCC[C@H]5C4)cc(Cl)nc32)[C@@H]1O. The Labute approximate surface area is 218 Å². The average molecular weight is 523 g/mol. The minimum absolute atomic E-state index is 0.286. The lowest BCUT2D eigenvalue weighted by atomic mass is 9.93. The predicted octanol–water partition coefficient (Wildman–Crippen LogP) is 2.80. The Morgan fingerprint density at radius 3 is 2.70 bits per heavy atom. The van der Waals surface area contributed by atoms with Gasteiger partial charge in [-0.3, -0.25) is 0 Å². The van der Waals surface area contributed by atoms with Crippen LogP contribution in [0.3, 0.4) is 0 Å². The van der Waals surface area contributed by atoms with Gasteiger partial charge in [0.05, 0.1) is 22.8 Å². The molecule has 3 fully saturated rings. The van der Waals surface area contributed by atoms with E-state index < -0.39 is 30.0 Å². The number of terminal acetylenes is 1. The summed E-state index contributed by atoms with van der Waals surface area (Å²) in [5.74, 6) is 2.99. The fourth-order valence-corrected chi connectivity index (χ4v) is 6.13. The van der Waals surface area contributed by atoms with Crippen LogP contribution >= 0.6 is 11.6 Å². The van der Waals surface area contributed by atoms with Gasteiger partial charge in [-0.1, -0.05) is 42.1 Å². The molecule has 2 aromatic heterocycles. The first kappa shape index (κ1) is 24.2. The van der Waals surface area contributed by atoms with Gasteiger partial charge in [0.2, 0.25) is 0 Å². The van der Waals surface area contributed by atoms with Crippen molar-refractivity contribution < 1.29 is 24.5 Å². The van der Waals surface area contributed by atoms with Crippen molar-refractivity contribution in [3.05, 3.63) is 53.3 Å². The number of aromatic nitrogens is 3. The maximum Gasteiger partial charge on any atom is 0.338 e. The van der Waals surface area contributed by atoms with Crippen molar-refractivity contribution in [3.8, 4) is 12.3 Å². The molecule has 37 heavy (non-hydrogen) atoms. The lowest BCUT2D eigenvalue weighted by Crippen LogP contribution is -2.48. The lowest BCUT2D eigenvalue weighted by molar-refractivity contribution is -0.0688. The first-order valence-electron chi connectivity index (χ1n) is 12.4. The monoisotopic (exact) mass is 522 g/mol. The van der Waals surface area contributed by atoms with E-state index in [0.717, 1.165) is 24.2 Å². The number of esters is 1. The van der Waals surface area contributed by atoms with E-state index in [1.807, 2.05) is 6.07 Å². The van der Waals surface area contributed by atoms with Gasteiger partial charge in [-0.25, -0.2) is 14.5 Å². The van der Waals surface area contributed by atoms with Gasteiger partial charge in [-0.15, -0.1) is 6.42 Å². The third kappa shape index (κ3) is 4.05. The van der Waals surface area contributed by atoms with E-state index in [0.29, 0.717) is 23.0 Å². The number of ether oxygens (including phenoxy) is 2. The van der Waals surface area contributed by atoms with Gasteiger partial charge in [0.1, 0.15) is 24.0 Å². The van der Waals surface area contributed by atoms with Crippen molar-refractivity contribution in [2.45, 2.75) is 43.3 Å². The number of hydrogen-bond donors (Lipinski definition) is 2. The molecule has 3 aromatic rings. The Morgan fingerprint density at radius 1 is 1.27 bits per heavy atom. The number of hydrogen-bond acceptors (Lipinski definition) is 8. The molecule has 10 heteroatoms. The highest BCUT2D eigenvalue weighted by Crippen LogP contribution is 2.43. The van der Waals surface area contributed by atoms with Crippen molar-refractivity contribution in [3.63, 3.8) is 0 Å². The number of nitrogens with zero attached hydrogens (tertiary/aromatic N) is 4. The highest BCUT2D eigenvalue weighted by atomic mass is 35.5. The number of fused-ring (bicyclic) bond motifs is 2. The van der Waals surface area contributed by atoms with Crippen LogP contribution in [0.1, 0.15) is 35.8 Å². The topological polar surface area (TPSA) is 110 Å². The molecule has 0 bridgehead atoms. The van der Waals surface area contributed by atoms with Crippen LogP contribution in [0, 0.1) is 24.2 Å². The first-order chi connectivity index (χ1) is 17.9. The molecule has 0 radical (unpaired) electrons. The van der Waals surface area contributed by atoms with Gasteiger partial charge in [0.25, 0.3) is 0 Å². The molecular weight excluding hydrogens is 496 g/mol. The van der Waals surface area contributed by atoms with Crippen LogP contribution in [-0.4, -0.2) is 68.5 Å². The number of anilines is 1. The summed E-state index contributed by atoms with van der Waals surface area (Å²) in [6.45, 7) is 1.55. The fourth-order valence-electron chi connectivity index (χ4n) is 5.95. The molecule has 0 unspecified atom stereocenters. The van der Waals surface area contributed by atoms with Crippen LogP contribution in [0.4, 0.5) is 5.69 Å². The molecule has 6 atom stereocenters. The molecule has 0 spiro atoms. The van der Waals surface area contributed by atoms with Crippen molar-refractivity contribution in [1.29, 1.82) is 0 Å². The zero-order valence-electron chi connectivity index (χ0n) is 20.0. The van der Waals surface area contributed by atoms with Crippen LogP contribution in [0.5, 0.6) is 0 Å². The molecule has 1 aromatic carbocycles. The minimum atomic E-state index is -2.12. The summed E-state index contributed by atoms with van der Waals surface area (Å²) in [6, 6.07) is 10.3. The van der Waals surface area contributed by atoms with E-state index in [9.17, 15) is 15.0 Å². The molecule has 3 aliphatic rings. The molecule has 9 nitrogen and oxygen atoms in total. The smallest absolute Gasteiger partial charge is 0.338 e. The zero-order chi connectivity index (χ0) is 25.7. The summed E-state index contributed by atoms with van der Waals surface area (Å²) in [4.78, 5) is 19.2. The number of carbonyl (C=O) groups excluding carboxylic acids is 1. The Balaban J connectivity index is 1.27. The van der Waals surface area contributed by atoms with Gasteiger partial charge in [0.15, 0.2) is 17.5 Å². The molecule has 1 saturated carbocycles. The van der Waals surface area contributed by atoms with Crippen molar-refractivity contribution in [2.24, 2.45) is 11.8 Å². The summed E-state index contributed by atoms with van der Waals surface area (Å²) in [7, 11) is 0. The second-order valence-electron chi connectivity index (χ2n) is 10.0. The van der Waals surface area contributed by atoms with Crippen LogP contribution in [0.25, 0.3) is 11.0 Å². The highest BCUT2D eigenvalue weighted by Gasteiger charge is 2.56. The summed E-state index contributed by atoms with van der Waals surface area (Å²) < 4.78 is 12.7. The number of halogens is 1. The van der Waals surface area contributed by atoms with Crippen LogP contribution in [0.2, 0.25) is 5.15 Å². The number of pyridine rings is 1. The molecule has 6 rings (SSSR count). The van der Waals surface area contributed by atoms with E-state index in [-0.39, 0.29) is 11.8 Å². The number of aliphatic hydroxyl groups excluding tert-OH is 1. The van der Waals surface area contributed by atoms with Crippen molar-refractivity contribution in [1.82, 2.24) is 14.8 Å². The van der Waals surface area contributed by atoms with Crippen molar-refractivity contribution in [2.75, 3.05) is 24.6 Å². The average Bonchev–Trinajstić information content (AvgIpc) is 3.67. The molecule has 2 aliphatic heterocycles. The third-order valence-corrected chi connectivity index (χ3v) is 8.14. The van der Waals surface area contributed by atoms with E-state index in [4.69, 9.17) is 27.5 Å². The van der Waals surface area contributed by atoms with E-state index in [1.165, 1.54) is 23.9 Å². The lowest BCUT2D eigenvalue weighted by Gasteiger charge is -2.24. The molecule has 2 N–H and O–H groups in total. The van der Waals surface area contributed by atoms with Gasteiger partial charge in [-0.2, -0.15) is 5.10 Å². The molecule has 0 amide bonds. The summed E-state index contributed by atoms with van der Waals surface area (Å²) in [5, 5.41) is 27.7. The Kier molecular flexibility index (Phi) is 6.08. The van der Waals surface area contributed by atoms with Gasteiger partial charge >= 0.3 is 5.97 Å². The predicted molar refractivity (Wildman–Crippen MR) is 136 cm³/mol. The second-order valence-corrected chi connectivity index (χ2v) is 10.4. The standard InChI is InChI=1S/C27H27ClN4O5/c1-2-27(35)21(15-36-26(34)16-7-4-3-5-8-16)37-25(23(27)33)32-24-19(12-29-32)20(11-22(28)30-24)31-13-17-9-6-10-18(17)14-31/h1,3-5,7-8,11-12,17-18,21,23,25,33,35H,6,9-10,13-15H2/t17-,18+,21-,23+,25+,27-/m1/s1. The number of rotatable bonds is 5. The number of benzene rings is 1. The highest BCUT2D eigenvalue weighted by molar-refractivity contribution is 6.30. The van der Waals surface area contributed by atoms with E-state index in [2.05, 4.69) is 20.9 Å². The summed E-state index contributed by atoms with van der Waals surface area (Å²) in [6.07, 6.45) is 7.12. The first-order valence-corrected chi connectivity index (χ1v) is 12.8. The molecule has 192 valence electrons. The zero-order valence-corrected chi connectivity index (χ0v) is 20.8. The van der Waals surface area contributed by atoms with Crippen LogP contribution in [0.15, 0.2) is 42.6 Å². The third-order valence-electron chi connectivity index (χ3n) is 7.94.